The number of amides is 1. The van der Waals surface area contributed by atoms with Gasteiger partial charge >= 0.3 is 0 Å². The Bertz CT molecular complexity index is 365. The lowest BCUT2D eigenvalue weighted by molar-refractivity contribution is -0.133. The molecule has 1 atom stereocenters. The number of rotatable bonds is 7. The number of halogens is 1. The average molecular weight is 360 g/mol. The summed E-state index contributed by atoms with van der Waals surface area (Å²) in [7, 11) is 0. The molecule has 2 saturated heterocycles. The van der Waals surface area contributed by atoms with Crippen LogP contribution in [-0.4, -0.2) is 74.2 Å². The van der Waals surface area contributed by atoms with E-state index < -0.39 is 0 Å². The van der Waals surface area contributed by atoms with Gasteiger partial charge in [-0.1, -0.05) is 25.7 Å². The molecule has 3 fully saturated rings. The molecule has 24 heavy (non-hydrogen) atoms. The van der Waals surface area contributed by atoms with Crippen molar-refractivity contribution in [1.82, 2.24) is 15.1 Å². The van der Waals surface area contributed by atoms with E-state index in [2.05, 4.69) is 15.1 Å². The van der Waals surface area contributed by atoms with Crippen molar-refractivity contribution in [2.75, 3.05) is 52.5 Å². The van der Waals surface area contributed by atoms with Crippen LogP contribution in [0.25, 0.3) is 0 Å². The summed E-state index contributed by atoms with van der Waals surface area (Å²) in [5, 5.41) is 3.42. The van der Waals surface area contributed by atoms with Gasteiger partial charge in [-0.15, -0.1) is 12.4 Å². The molecule has 0 spiro atoms. The molecular formula is C18H34ClN3O2. The van der Waals surface area contributed by atoms with E-state index in [0.29, 0.717) is 11.9 Å². The number of ether oxygens (including phenoxy) is 1. The SMILES string of the molecule is Cl.O=C(CCC1CCCC1)N(CCN1CCOCC1)C1CCNC1. The Balaban J connectivity index is 0.00000208. The first-order valence-corrected chi connectivity index (χ1v) is 9.63. The molecule has 1 saturated carbocycles. The minimum absolute atomic E-state index is 0. The van der Waals surface area contributed by atoms with Crippen LogP contribution in [0.4, 0.5) is 0 Å². The second-order valence-corrected chi connectivity index (χ2v) is 7.38. The van der Waals surface area contributed by atoms with Crippen molar-refractivity contribution >= 4 is 18.3 Å². The maximum absolute atomic E-state index is 12.8. The molecule has 2 aliphatic heterocycles. The van der Waals surface area contributed by atoms with Crippen LogP contribution < -0.4 is 5.32 Å². The molecule has 1 amide bonds. The quantitative estimate of drug-likeness (QED) is 0.754. The monoisotopic (exact) mass is 359 g/mol. The first-order valence-electron chi connectivity index (χ1n) is 9.63. The lowest BCUT2D eigenvalue weighted by Crippen LogP contribution is -2.47. The smallest absolute Gasteiger partial charge is 0.222 e. The largest absolute Gasteiger partial charge is 0.379 e. The molecule has 0 aromatic heterocycles. The number of nitrogens with one attached hydrogen (secondary N) is 1. The van der Waals surface area contributed by atoms with Crippen molar-refractivity contribution in [3.05, 3.63) is 0 Å². The van der Waals surface area contributed by atoms with Crippen molar-refractivity contribution in [2.24, 2.45) is 5.92 Å². The standard InChI is InChI=1S/C18H33N3O2.ClH/c22-18(6-5-16-3-1-2-4-16)21(17-7-8-19-15-17)10-9-20-11-13-23-14-12-20;/h16-17,19H,1-15H2;1H. The van der Waals surface area contributed by atoms with E-state index in [4.69, 9.17) is 4.74 Å². The first-order chi connectivity index (χ1) is 11.3. The molecule has 3 rings (SSSR count). The Labute approximate surface area is 152 Å². The normalized spacial score (nSPS) is 25.6. The highest BCUT2D eigenvalue weighted by Gasteiger charge is 2.27. The van der Waals surface area contributed by atoms with Gasteiger partial charge in [0.1, 0.15) is 0 Å². The number of nitrogens with zero attached hydrogens (tertiary/aromatic N) is 2. The third-order valence-corrected chi connectivity index (χ3v) is 5.80. The zero-order valence-corrected chi connectivity index (χ0v) is 15.7. The van der Waals surface area contributed by atoms with Gasteiger partial charge in [-0.25, -0.2) is 0 Å². The molecule has 140 valence electrons. The van der Waals surface area contributed by atoms with Gasteiger partial charge in [0, 0.05) is 45.2 Å². The molecule has 5 nitrogen and oxygen atoms in total. The summed E-state index contributed by atoms with van der Waals surface area (Å²) in [6.45, 7) is 7.58. The Kier molecular flexibility index (Phi) is 8.81. The van der Waals surface area contributed by atoms with Crippen LogP contribution in [0.15, 0.2) is 0 Å². The maximum Gasteiger partial charge on any atom is 0.222 e. The fourth-order valence-corrected chi connectivity index (χ4v) is 4.26. The summed E-state index contributed by atoms with van der Waals surface area (Å²) in [6.07, 6.45) is 8.38. The van der Waals surface area contributed by atoms with Gasteiger partial charge in [-0.2, -0.15) is 0 Å². The van der Waals surface area contributed by atoms with Gasteiger partial charge < -0.3 is 15.0 Å². The van der Waals surface area contributed by atoms with Crippen molar-refractivity contribution in [2.45, 2.75) is 51.0 Å². The lowest BCUT2D eigenvalue weighted by atomic mass is 10.0. The number of hydrogen-bond donors (Lipinski definition) is 1. The van der Waals surface area contributed by atoms with Crippen molar-refractivity contribution < 1.29 is 9.53 Å². The second-order valence-electron chi connectivity index (χ2n) is 7.38. The molecule has 1 aliphatic carbocycles. The zero-order chi connectivity index (χ0) is 15.9. The molecule has 0 aromatic carbocycles. The van der Waals surface area contributed by atoms with Crippen molar-refractivity contribution in [3.8, 4) is 0 Å². The summed E-state index contributed by atoms with van der Waals surface area (Å²) >= 11 is 0. The molecule has 6 heteroatoms. The maximum atomic E-state index is 12.8. The van der Waals surface area contributed by atoms with Crippen LogP contribution in [0.1, 0.15) is 44.9 Å². The topological polar surface area (TPSA) is 44.8 Å². The van der Waals surface area contributed by atoms with E-state index in [9.17, 15) is 4.79 Å². The predicted molar refractivity (Wildman–Crippen MR) is 98.7 cm³/mol. The molecule has 1 N–H and O–H groups in total. The summed E-state index contributed by atoms with van der Waals surface area (Å²) in [5.74, 6) is 1.20. The van der Waals surface area contributed by atoms with E-state index in [0.717, 1.165) is 77.7 Å². The summed E-state index contributed by atoms with van der Waals surface area (Å²) < 4.78 is 5.42. The zero-order valence-electron chi connectivity index (χ0n) is 14.9. The number of carbonyl (C=O) groups is 1. The third kappa shape index (κ3) is 5.87. The van der Waals surface area contributed by atoms with Crippen molar-refractivity contribution in [1.29, 1.82) is 0 Å². The number of morpholine rings is 1. The highest BCUT2D eigenvalue weighted by Crippen LogP contribution is 2.29. The van der Waals surface area contributed by atoms with Gasteiger partial charge in [0.15, 0.2) is 0 Å². The van der Waals surface area contributed by atoms with Gasteiger partial charge in [0.25, 0.3) is 0 Å². The Hall–Kier alpha value is -0.360. The van der Waals surface area contributed by atoms with E-state index in [1.807, 2.05) is 0 Å². The highest BCUT2D eigenvalue weighted by molar-refractivity contribution is 5.85. The summed E-state index contributed by atoms with van der Waals surface area (Å²) in [5.41, 5.74) is 0. The minimum Gasteiger partial charge on any atom is -0.379 e. The van der Waals surface area contributed by atoms with Gasteiger partial charge in [-0.05, 0) is 25.3 Å². The van der Waals surface area contributed by atoms with Crippen LogP contribution in [0, 0.1) is 5.92 Å². The Morgan fingerprint density at radius 3 is 2.58 bits per heavy atom. The van der Waals surface area contributed by atoms with Crippen LogP contribution in [0.3, 0.4) is 0 Å². The summed E-state index contributed by atoms with van der Waals surface area (Å²) in [6, 6.07) is 0.409. The Morgan fingerprint density at radius 1 is 1.17 bits per heavy atom. The second kappa shape index (κ2) is 10.6. The van der Waals surface area contributed by atoms with E-state index >= 15 is 0 Å². The average Bonchev–Trinajstić information content (AvgIpc) is 3.28. The van der Waals surface area contributed by atoms with Gasteiger partial charge in [0.05, 0.1) is 13.2 Å². The molecule has 3 aliphatic rings. The van der Waals surface area contributed by atoms with Crippen LogP contribution in [0.2, 0.25) is 0 Å². The Morgan fingerprint density at radius 2 is 1.92 bits per heavy atom. The number of carbonyl (C=O) groups excluding carboxylic acids is 1. The van der Waals surface area contributed by atoms with Crippen molar-refractivity contribution in [3.63, 3.8) is 0 Å². The van der Waals surface area contributed by atoms with Gasteiger partial charge in [0.2, 0.25) is 5.91 Å². The van der Waals surface area contributed by atoms with Crippen LogP contribution in [0.5, 0.6) is 0 Å². The lowest BCUT2D eigenvalue weighted by Gasteiger charge is -2.33. The van der Waals surface area contributed by atoms with E-state index in [-0.39, 0.29) is 12.4 Å². The highest BCUT2D eigenvalue weighted by atomic mass is 35.5. The third-order valence-electron chi connectivity index (χ3n) is 5.80. The fraction of sp³-hybridized carbons (Fsp3) is 0.944. The van der Waals surface area contributed by atoms with Gasteiger partial charge in [-0.3, -0.25) is 9.69 Å². The first kappa shape index (κ1) is 20.0. The van der Waals surface area contributed by atoms with Crippen LogP contribution in [-0.2, 0) is 9.53 Å². The number of hydrogen-bond acceptors (Lipinski definition) is 4. The molecule has 0 bridgehead atoms. The predicted octanol–water partition coefficient (Wildman–Crippen LogP) is 1.90. The molecule has 2 heterocycles. The minimum atomic E-state index is 0. The van der Waals surface area contributed by atoms with E-state index in [1.165, 1.54) is 25.7 Å². The molecule has 0 radical (unpaired) electrons. The fourth-order valence-electron chi connectivity index (χ4n) is 4.26. The van der Waals surface area contributed by atoms with E-state index in [1.54, 1.807) is 0 Å². The molecular weight excluding hydrogens is 326 g/mol. The molecule has 0 aromatic rings. The molecule has 1 unspecified atom stereocenters. The van der Waals surface area contributed by atoms with Crippen LogP contribution >= 0.6 is 12.4 Å². The summed E-state index contributed by atoms with van der Waals surface area (Å²) in [4.78, 5) is 17.4.